The first-order valence-corrected chi connectivity index (χ1v) is 6.42. The van der Waals surface area contributed by atoms with E-state index in [4.69, 9.17) is 0 Å². The van der Waals surface area contributed by atoms with Crippen molar-refractivity contribution >= 4 is 0 Å². The maximum Gasteiger partial charge on any atom is 0.0134 e. The van der Waals surface area contributed by atoms with E-state index in [9.17, 15) is 0 Å². The number of hydrogen-bond donors (Lipinski definition) is 1. The van der Waals surface area contributed by atoms with Gasteiger partial charge in [-0.2, -0.15) is 0 Å². The van der Waals surface area contributed by atoms with Crippen LogP contribution in [0.4, 0.5) is 0 Å². The Hall–Kier alpha value is -0.300. The van der Waals surface area contributed by atoms with Crippen molar-refractivity contribution in [1.29, 1.82) is 0 Å². The van der Waals surface area contributed by atoms with E-state index in [2.05, 4.69) is 45.2 Å². The zero-order valence-electron chi connectivity index (χ0n) is 10.8. The molecule has 1 rings (SSSR count). The van der Waals surface area contributed by atoms with Crippen LogP contribution in [0.1, 0.15) is 47.0 Å². The smallest absolute Gasteiger partial charge is 0.0134 e. The molecule has 1 aliphatic carbocycles. The van der Waals surface area contributed by atoms with Gasteiger partial charge in [0.1, 0.15) is 0 Å². The van der Waals surface area contributed by atoms with Crippen molar-refractivity contribution in [3.8, 4) is 0 Å². The highest BCUT2D eigenvalue weighted by Crippen LogP contribution is 2.48. The van der Waals surface area contributed by atoms with Crippen molar-refractivity contribution < 1.29 is 0 Å². The number of allylic oxidation sites excluding steroid dienone is 1. The lowest BCUT2D eigenvalue weighted by Crippen LogP contribution is -2.39. The molecule has 0 aromatic carbocycles. The fraction of sp³-hybridized carbons (Fsp3) is 0.857. The third-order valence-corrected chi connectivity index (χ3v) is 4.41. The molecule has 1 nitrogen and oxygen atoms in total. The minimum Gasteiger partial charge on any atom is -0.313 e. The number of hydrogen-bond acceptors (Lipinski definition) is 1. The van der Waals surface area contributed by atoms with Gasteiger partial charge in [0.2, 0.25) is 0 Å². The monoisotopic (exact) mass is 209 g/mol. The van der Waals surface area contributed by atoms with Crippen LogP contribution in [0.15, 0.2) is 12.2 Å². The molecule has 2 unspecified atom stereocenters. The summed E-state index contributed by atoms with van der Waals surface area (Å²) in [6.07, 6.45) is 8.61. The second-order valence-corrected chi connectivity index (χ2v) is 5.50. The molecule has 2 atom stereocenters. The number of rotatable bonds is 6. The Morgan fingerprint density at radius 3 is 2.47 bits per heavy atom. The van der Waals surface area contributed by atoms with Gasteiger partial charge in [0.05, 0.1) is 0 Å². The molecule has 0 radical (unpaired) electrons. The maximum absolute atomic E-state index is 3.50. The molecule has 1 aliphatic rings. The zero-order chi connectivity index (χ0) is 11.3. The third-order valence-electron chi connectivity index (χ3n) is 4.41. The quantitative estimate of drug-likeness (QED) is 0.520. The summed E-state index contributed by atoms with van der Waals surface area (Å²) in [5.74, 6) is 1.64. The van der Waals surface area contributed by atoms with Crippen molar-refractivity contribution in [2.24, 2.45) is 17.3 Å². The third kappa shape index (κ3) is 3.34. The predicted octanol–water partition coefficient (Wildman–Crippen LogP) is 3.61. The van der Waals surface area contributed by atoms with E-state index in [0.29, 0.717) is 5.41 Å². The number of nitrogens with one attached hydrogen (secondary N) is 1. The summed E-state index contributed by atoms with van der Waals surface area (Å²) in [6.45, 7) is 11.5. The average Bonchev–Trinajstić information content (AvgIpc) is 2.19. The van der Waals surface area contributed by atoms with Crippen LogP contribution in [-0.2, 0) is 0 Å². The minimum absolute atomic E-state index is 0.641. The lowest BCUT2D eigenvalue weighted by atomic mass is 9.60. The first-order valence-electron chi connectivity index (χ1n) is 6.42. The normalized spacial score (nSPS) is 23.7. The summed E-state index contributed by atoms with van der Waals surface area (Å²) in [5.41, 5.74) is 0.641. The van der Waals surface area contributed by atoms with Crippen LogP contribution < -0.4 is 5.32 Å². The highest BCUT2D eigenvalue weighted by Gasteiger charge is 2.39. The van der Waals surface area contributed by atoms with Crippen molar-refractivity contribution in [2.75, 3.05) is 13.1 Å². The van der Waals surface area contributed by atoms with Gasteiger partial charge >= 0.3 is 0 Å². The molecular formula is C14H27N. The zero-order valence-corrected chi connectivity index (χ0v) is 10.8. The van der Waals surface area contributed by atoms with Gasteiger partial charge in [-0.05, 0) is 43.6 Å². The van der Waals surface area contributed by atoms with Gasteiger partial charge in [-0.1, -0.05) is 39.3 Å². The van der Waals surface area contributed by atoms with E-state index in [1.165, 1.54) is 19.3 Å². The van der Waals surface area contributed by atoms with Crippen molar-refractivity contribution in [3.63, 3.8) is 0 Å². The van der Waals surface area contributed by atoms with Gasteiger partial charge in [-0.15, -0.1) is 0 Å². The van der Waals surface area contributed by atoms with E-state index < -0.39 is 0 Å². The maximum atomic E-state index is 3.50. The molecule has 15 heavy (non-hydrogen) atoms. The highest BCUT2D eigenvalue weighted by atomic mass is 14.8. The van der Waals surface area contributed by atoms with Gasteiger partial charge in [-0.3, -0.25) is 0 Å². The first kappa shape index (κ1) is 12.8. The van der Waals surface area contributed by atoms with E-state index in [0.717, 1.165) is 24.9 Å². The molecule has 0 heterocycles. The topological polar surface area (TPSA) is 12.0 Å². The van der Waals surface area contributed by atoms with Crippen LogP contribution >= 0.6 is 0 Å². The lowest BCUT2D eigenvalue weighted by molar-refractivity contribution is 0.0486. The summed E-state index contributed by atoms with van der Waals surface area (Å²) >= 11 is 0. The Morgan fingerprint density at radius 2 is 2.00 bits per heavy atom. The largest absolute Gasteiger partial charge is 0.313 e. The van der Waals surface area contributed by atoms with Crippen LogP contribution in [-0.4, -0.2) is 13.1 Å². The van der Waals surface area contributed by atoms with Gasteiger partial charge in [0, 0.05) is 6.54 Å². The summed E-state index contributed by atoms with van der Waals surface area (Å²) in [5, 5.41) is 3.50. The standard InChI is InChI=1S/C14H27N/c1-5-6-10-15-11-12(2)13(3)14(4)8-7-9-14/h5-6,12-13,15H,7-11H2,1-4H3/b6-5-. The molecule has 0 aromatic rings. The SMILES string of the molecule is C/C=C\CNCC(C)C(C)C1(C)CCC1. The minimum atomic E-state index is 0.641. The van der Waals surface area contributed by atoms with Crippen LogP contribution in [0.2, 0.25) is 0 Å². The van der Waals surface area contributed by atoms with E-state index in [1.807, 2.05) is 0 Å². The van der Waals surface area contributed by atoms with Crippen molar-refractivity contribution in [2.45, 2.75) is 47.0 Å². The fourth-order valence-corrected chi connectivity index (χ4v) is 2.57. The van der Waals surface area contributed by atoms with E-state index in [-0.39, 0.29) is 0 Å². The van der Waals surface area contributed by atoms with Crippen molar-refractivity contribution in [3.05, 3.63) is 12.2 Å². The van der Waals surface area contributed by atoms with Crippen LogP contribution in [0.5, 0.6) is 0 Å². The Morgan fingerprint density at radius 1 is 1.33 bits per heavy atom. The Balaban J connectivity index is 2.23. The second kappa shape index (κ2) is 5.69. The molecule has 88 valence electrons. The van der Waals surface area contributed by atoms with Gasteiger partial charge in [0.25, 0.3) is 0 Å². The van der Waals surface area contributed by atoms with E-state index >= 15 is 0 Å². The summed E-state index contributed by atoms with van der Waals surface area (Å²) < 4.78 is 0. The van der Waals surface area contributed by atoms with Gasteiger partial charge in [0.15, 0.2) is 0 Å². The van der Waals surface area contributed by atoms with E-state index in [1.54, 1.807) is 0 Å². The molecule has 1 fully saturated rings. The highest BCUT2D eigenvalue weighted by molar-refractivity contribution is 4.90. The van der Waals surface area contributed by atoms with Crippen LogP contribution in [0.3, 0.4) is 0 Å². The molecule has 0 spiro atoms. The van der Waals surface area contributed by atoms with Crippen LogP contribution in [0, 0.1) is 17.3 Å². The van der Waals surface area contributed by atoms with Crippen molar-refractivity contribution in [1.82, 2.24) is 5.32 Å². The second-order valence-electron chi connectivity index (χ2n) is 5.50. The van der Waals surface area contributed by atoms with Crippen LogP contribution in [0.25, 0.3) is 0 Å². The van der Waals surface area contributed by atoms with Gasteiger partial charge < -0.3 is 5.32 Å². The average molecular weight is 209 g/mol. The summed E-state index contributed by atoms with van der Waals surface area (Å²) in [7, 11) is 0. The molecule has 1 saturated carbocycles. The Kier molecular flexibility index (Phi) is 4.85. The first-order chi connectivity index (χ1) is 7.10. The molecule has 0 aromatic heterocycles. The molecule has 0 bridgehead atoms. The lowest BCUT2D eigenvalue weighted by Gasteiger charge is -2.46. The molecule has 0 saturated heterocycles. The molecule has 0 aliphatic heterocycles. The Labute approximate surface area is 95.3 Å². The summed E-state index contributed by atoms with van der Waals surface area (Å²) in [4.78, 5) is 0. The predicted molar refractivity (Wildman–Crippen MR) is 68.0 cm³/mol. The molecule has 0 amide bonds. The molecule has 1 heteroatoms. The van der Waals surface area contributed by atoms with Gasteiger partial charge in [-0.25, -0.2) is 0 Å². The molecule has 1 N–H and O–H groups in total. The Bertz CT molecular complexity index is 203. The fourth-order valence-electron chi connectivity index (χ4n) is 2.57. The molecular weight excluding hydrogens is 182 g/mol. The summed E-state index contributed by atoms with van der Waals surface area (Å²) in [6, 6.07) is 0.